The number of hydrogen-bond donors (Lipinski definition) is 2. The van der Waals surface area contributed by atoms with Gasteiger partial charge in [-0.2, -0.15) is 5.10 Å². The molecule has 1 heterocycles. The summed E-state index contributed by atoms with van der Waals surface area (Å²) < 4.78 is 0. The maximum atomic E-state index is 12.3. The molecule has 2 N–H and O–H groups in total. The average Bonchev–Trinajstić information content (AvgIpc) is 2.74. The number of hydrazone groups is 1. The lowest BCUT2D eigenvalue weighted by molar-refractivity contribution is -0.384. The second-order valence-corrected chi connectivity index (χ2v) is 7.25. The Bertz CT molecular complexity index is 997. The van der Waals surface area contributed by atoms with Crippen molar-refractivity contribution in [1.82, 2.24) is 10.3 Å². The molecule has 0 atom stereocenters. The number of hydrogen-bond acceptors (Lipinski definition) is 7. The van der Waals surface area contributed by atoms with Gasteiger partial charge in [0.2, 0.25) is 5.91 Å². The van der Waals surface area contributed by atoms with E-state index in [4.69, 9.17) is 0 Å². The van der Waals surface area contributed by atoms with Crippen molar-refractivity contribution in [2.24, 2.45) is 5.10 Å². The summed E-state index contributed by atoms with van der Waals surface area (Å²) in [6, 6.07) is 11.0. The van der Waals surface area contributed by atoms with Crippen molar-refractivity contribution in [3.8, 4) is 0 Å². The molecule has 0 aliphatic carbocycles. The third kappa shape index (κ3) is 5.86. The molecule has 1 saturated heterocycles. The summed E-state index contributed by atoms with van der Waals surface area (Å²) in [5, 5.41) is 17.8. The number of nitrogens with one attached hydrogen (secondary N) is 2. The molecular formula is C21H24N6O4. The first-order valence-corrected chi connectivity index (χ1v) is 9.76. The number of piperazine rings is 1. The average molecular weight is 424 g/mol. The van der Waals surface area contributed by atoms with Crippen molar-refractivity contribution >= 4 is 35.1 Å². The van der Waals surface area contributed by atoms with Gasteiger partial charge < -0.3 is 15.1 Å². The van der Waals surface area contributed by atoms with Crippen LogP contribution in [0.1, 0.15) is 22.8 Å². The van der Waals surface area contributed by atoms with Gasteiger partial charge in [0.15, 0.2) is 0 Å². The Balaban J connectivity index is 1.74. The summed E-state index contributed by atoms with van der Waals surface area (Å²) >= 11 is 0. The highest BCUT2D eigenvalue weighted by Gasteiger charge is 2.19. The van der Waals surface area contributed by atoms with Crippen molar-refractivity contribution in [3.63, 3.8) is 0 Å². The Labute approximate surface area is 179 Å². The number of carbonyl (C=O) groups is 2. The van der Waals surface area contributed by atoms with E-state index in [1.807, 2.05) is 7.05 Å². The minimum atomic E-state index is -0.458. The molecule has 1 aliphatic heterocycles. The molecule has 162 valence electrons. The monoisotopic (exact) mass is 424 g/mol. The summed E-state index contributed by atoms with van der Waals surface area (Å²) in [5.74, 6) is -0.632. The van der Waals surface area contributed by atoms with E-state index >= 15 is 0 Å². The molecule has 0 radical (unpaired) electrons. The summed E-state index contributed by atoms with van der Waals surface area (Å²) in [6.07, 6.45) is 1.42. The van der Waals surface area contributed by atoms with Gasteiger partial charge >= 0.3 is 0 Å². The zero-order valence-electron chi connectivity index (χ0n) is 17.4. The van der Waals surface area contributed by atoms with Crippen LogP contribution >= 0.6 is 0 Å². The van der Waals surface area contributed by atoms with Gasteiger partial charge in [0.25, 0.3) is 11.6 Å². The maximum Gasteiger partial charge on any atom is 0.271 e. The highest BCUT2D eigenvalue weighted by molar-refractivity contribution is 5.96. The third-order valence-corrected chi connectivity index (χ3v) is 4.90. The highest BCUT2D eigenvalue weighted by Crippen LogP contribution is 2.25. The van der Waals surface area contributed by atoms with E-state index in [9.17, 15) is 19.7 Å². The molecule has 1 aliphatic rings. The Morgan fingerprint density at radius 3 is 2.39 bits per heavy atom. The van der Waals surface area contributed by atoms with E-state index in [0.717, 1.165) is 31.9 Å². The van der Waals surface area contributed by atoms with Crippen LogP contribution in [0, 0.1) is 10.1 Å². The number of rotatable bonds is 6. The fourth-order valence-corrected chi connectivity index (χ4v) is 3.23. The second-order valence-electron chi connectivity index (χ2n) is 7.25. The second kappa shape index (κ2) is 9.81. The Morgan fingerprint density at radius 2 is 1.77 bits per heavy atom. The first-order chi connectivity index (χ1) is 14.8. The van der Waals surface area contributed by atoms with Crippen molar-refractivity contribution in [2.45, 2.75) is 6.92 Å². The van der Waals surface area contributed by atoms with E-state index in [0.29, 0.717) is 16.8 Å². The van der Waals surface area contributed by atoms with Crippen LogP contribution in [0.2, 0.25) is 0 Å². The van der Waals surface area contributed by atoms with Gasteiger partial charge in [0.05, 0.1) is 11.1 Å². The number of likely N-dealkylation sites (N-methyl/N-ethyl adjacent to an activating group) is 1. The highest BCUT2D eigenvalue weighted by atomic mass is 16.6. The van der Waals surface area contributed by atoms with Crippen molar-refractivity contribution in [1.29, 1.82) is 0 Å². The van der Waals surface area contributed by atoms with Gasteiger partial charge in [-0.3, -0.25) is 19.7 Å². The molecular weight excluding hydrogens is 400 g/mol. The molecule has 0 aromatic heterocycles. The largest absolute Gasteiger partial charge is 0.368 e. The van der Waals surface area contributed by atoms with Gasteiger partial charge in [-0.1, -0.05) is 0 Å². The standard InChI is InChI=1S/C21H24N6O4/c1-15(28)23-18-5-3-16(4-6-18)21(29)24-22-14-17-13-19(27(30)31)7-8-20(17)26-11-9-25(2)10-12-26/h3-8,13-14H,9-12H2,1-2H3,(H,23,28)(H,24,29). The number of carbonyl (C=O) groups excluding carboxylic acids is 2. The zero-order valence-corrected chi connectivity index (χ0v) is 17.4. The molecule has 0 spiro atoms. The summed E-state index contributed by atoms with van der Waals surface area (Å²) in [4.78, 5) is 38.5. The fraction of sp³-hybridized carbons (Fsp3) is 0.286. The zero-order chi connectivity index (χ0) is 22.4. The number of nitrogens with zero attached hydrogens (tertiary/aromatic N) is 4. The number of nitro groups is 1. The summed E-state index contributed by atoms with van der Waals surface area (Å²) in [7, 11) is 2.05. The van der Waals surface area contributed by atoms with E-state index in [1.54, 1.807) is 30.3 Å². The normalized spacial score (nSPS) is 14.5. The van der Waals surface area contributed by atoms with E-state index in [1.165, 1.54) is 25.3 Å². The Hall–Kier alpha value is -3.79. The topological polar surface area (TPSA) is 120 Å². The summed E-state index contributed by atoms with van der Waals surface area (Å²) in [5.41, 5.74) is 4.73. The SMILES string of the molecule is CC(=O)Nc1ccc(C(=O)NN=Cc2cc([N+](=O)[O-])ccc2N2CCN(C)CC2)cc1. The van der Waals surface area contributed by atoms with Crippen molar-refractivity contribution in [2.75, 3.05) is 43.4 Å². The number of non-ortho nitro benzene ring substituents is 1. The molecule has 2 aromatic rings. The van der Waals surface area contributed by atoms with Crippen molar-refractivity contribution < 1.29 is 14.5 Å². The molecule has 0 saturated carbocycles. The van der Waals surface area contributed by atoms with Crippen LogP contribution in [-0.2, 0) is 4.79 Å². The minimum absolute atomic E-state index is 0.0424. The van der Waals surface area contributed by atoms with Crippen LogP contribution in [0.3, 0.4) is 0 Å². The molecule has 10 nitrogen and oxygen atoms in total. The molecule has 2 amide bonds. The third-order valence-electron chi connectivity index (χ3n) is 4.90. The Morgan fingerprint density at radius 1 is 1.10 bits per heavy atom. The number of anilines is 2. The molecule has 31 heavy (non-hydrogen) atoms. The number of amides is 2. The lowest BCUT2D eigenvalue weighted by atomic mass is 10.1. The van der Waals surface area contributed by atoms with Crippen LogP contribution in [0.15, 0.2) is 47.6 Å². The first-order valence-electron chi connectivity index (χ1n) is 9.76. The predicted molar refractivity (Wildman–Crippen MR) is 119 cm³/mol. The van der Waals surface area contributed by atoms with Gasteiger partial charge in [-0.05, 0) is 37.4 Å². The fourth-order valence-electron chi connectivity index (χ4n) is 3.23. The molecule has 0 bridgehead atoms. The number of benzene rings is 2. The van der Waals surface area contributed by atoms with Crippen LogP contribution < -0.4 is 15.6 Å². The van der Waals surface area contributed by atoms with Crippen LogP contribution in [0.4, 0.5) is 17.1 Å². The predicted octanol–water partition coefficient (Wildman–Crippen LogP) is 2.07. The van der Waals surface area contributed by atoms with Gasteiger partial charge in [0.1, 0.15) is 0 Å². The van der Waals surface area contributed by atoms with Gasteiger partial charge in [-0.25, -0.2) is 5.43 Å². The molecule has 0 unspecified atom stereocenters. The lowest BCUT2D eigenvalue weighted by Gasteiger charge is -2.34. The maximum absolute atomic E-state index is 12.3. The minimum Gasteiger partial charge on any atom is -0.368 e. The summed E-state index contributed by atoms with van der Waals surface area (Å²) in [6.45, 7) is 4.77. The molecule has 3 rings (SSSR count). The Kier molecular flexibility index (Phi) is 6.93. The van der Waals surface area contributed by atoms with E-state index in [2.05, 4.69) is 25.6 Å². The smallest absolute Gasteiger partial charge is 0.271 e. The van der Waals surface area contributed by atoms with Gasteiger partial charge in [0, 0.05) is 67.7 Å². The van der Waals surface area contributed by atoms with Crippen LogP contribution in [0.25, 0.3) is 0 Å². The molecule has 1 fully saturated rings. The van der Waals surface area contributed by atoms with Crippen LogP contribution in [0.5, 0.6) is 0 Å². The van der Waals surface area contributed by atoms with E-state index < -0.39 is 10.8 Å². The van der Waals surface area contributed by atoms with Crippen molar-refractivity contribution in [3.05, 3.63) is 63.7 Å². The molecule has 2 aromatic carbocycles. The van der Waals surface area contributed by atoms with E-state index in [-0.39, 0.29) is 11.6 Å². The number of nitro benzene ring substituents is 1. The first kappa shape index (κ1) is 21.9. The van der Waals surface area contributed by atoms with Crippen LogP contribution in [-0.4, -0.2) is 61.1 Å². The quantitative estimate of drug-likeness (QED) is 0.416. The van der Waals surface area contributed by atoms with Gasteiger partial charge in [-0.15, -0.1) is 0 Å². The molecule has 10 heteroatoms. The lowest BCUT2D eigenvalue weighted by Crippen LogP contribution is -2.44.